The van der Waals surface area contributed by atoms with Crippen LogP contribution < -0.4 is 0 Å². The quantitative estimate of drug-likeness (QED) is 0.708. The van der Waals surface area contributed by atoms with Crippen molar-refractivity contribution in [1.29, 1.82) is 0 Å². The third-order valence-corrected chi connectivity index (χ3v) is 2.37. The molecule has 4 nitrogen and oxygen atoms in total. The van der Waals surface area contributed by atoms with Crippen LogP contribution in [0.2, 0.25) is 0 Å². The Morgan fingerprint density at radius 3 is 2.54 bits per heavy atom. The highest BCUT2D eigenvalue weighted by Crippen LogP contribution is 2.21. The predicted octanol–water partition coefficient (Wildman–Crippen LogP) is 1.68. The molecule has 0 saturated heterocycles. The van der Waals surface area contributed by atoms with Crippen molar-refractivity contribution in [3.63, 3.8) is 0 Å². The molecule has 0 aliphatic carbocycles. The molecule has 1 aromatic heterocycles. The SMILES string of the molecule is O=S(=O)(O)c1cc2ccccc2o1. The number of hydrogen-bond acceptors (Lipinski definition) is 3. The van der Waals surface area contributed by atoms with E-state index in [0.29, 0.717) is 11.0 Å². The van der Waals surface area contributed by atoms with Crippen LogP contribution in [0, 0.1) is 0 Å². The summed E-state index contributed by atoms with van der Waals surface area (Å²) in [5.74, 6) is 0. The largest absolute Gasteiger partial charge is 0.442 e. The first-order valence-electron chi connectivity index (χ1n) is 3.53. The van der Waals surface area contributed by atoms with E-state index in [1.54, 1.807) is 24.3 Å². The molecule has 0 spiro atoms. The lowest BCUT2D eigenvalue weighted by Crippen LogP contribution is -1.94. The second-order valence-electron chi connectivity index (χ2n) is 2.58. The van der Waals surface area contributed by atoms with E-state index in [4.69, 9.17) is 8.97 Å². The fourth-order valence-corrected chi connectivity index (χ4v) is 1.56. The summed E-state index contributed by atoms with van der Waals surface area (Å²) in [5, 5.41) is 0.226. The molecule has 0 unspecified atom stereocenters. The second kappa shape index (κ2) is 2.58. The van der Waals surface area contributed by atoms with Gasteiger partial charge in [-0.25, -0.2) is 0 Å². The Kier molecular flexibility index (Phi) is 1.64. The normalized spacial score (nSPS) is 12.1. The molecular formula is C8H6O4S. The Morgan fingerprint density at radius 1 is 1.23 bits per heavy atom. The number of hydrogen-bond donors (Lipinski definition) is 1. The van der Waals surface area contributed by atoms with Gasteiger partial charge in [0.1, 0.15) is 5.58 Å². The zero-order valence-corrected chi connectivity index (χ0v) is 7.28. The number of furan rings is 1. The third kappa shape index (κ3) is 1.43. The maximum absolute atomic E-state index is 10.7. The highest BCUT2D eigenvalue weighted by molar-refractivity contribution is 7.85. The van der Waals surface area contributed by atoms with Gasteiger partial charge in [0.15, 0.2) is 0 Å². The molecule has 2 aromatic rings. The molecule has 68 valence electrons. The lowest BCUT2D eigenvalue weighted by molar-refractivity contribution is 0.424. The highest BCUT2D eigenvalue weighted by atomic mass is 32.2. The molecule has 2 rings (SSSR count). The average molecular weight is 198 g/mol. The van der Waals surface area contributed by atoms with Crippen LogP contribution in [-0.2, 0) is 10.1 Å². The van der Waals surface area contributed by atoms with Crippen molar-refractivity contribution in [2.24, 2.45) is 0 Å². The van der Waals surface area contributed by atoms with Crippen molar-refractivity contribution >= 4 is 21.1 Å². The van der Waals surface area contributed by atoms with Crippen LogP contribution >= 0.6 is 0 Å². The molecule has 0 atom stereocenters. The van der Waals surface area contributed by atoms with Crippen molar-refractivity contribution in [3.05, 3.63) is 30.3 Å². The smallest absolute Gasteiger partial charge is 0.328 e. The zero-order valence-electron chi connectivity index (χ0n) is 6.47. The number of benzene rings is 1. The van der Waals surface area contributed by atoms with E-state index in [9.17, 15) is 8.42 Å². The Bertz CT molecular complexity index is 505. The van der Waals surface area contributed by atoms with Crippen LogP contribution in [0.15, 0.2) is 39.8 Å². The number of rotatable bonds is 1. The van der Waals surface area contributed by atoms with Crippen molar-refractivity contribution in [2.45, 2.75) is 5.09 Å². The molecule has 0 aliphatic rings. The molecule has 0 saturated carbocycles. The van der Waals surface area contributed by atoms with Crippen LogP contribution in [0.5, 0.6) is 0 Å². The molecule has 1 N–H and O–H groups in total. The first-order chi connectivity index (χ1) is 6.07. The van der Waals surface area contributed by atoms with Crippen LogP contribution in [0.3, 0.4) is 0 Å². The molecule has 5 heteroatoms. The van der Waals surface area contributed by atoms with Crippen molar-refractivity contribution in [2.75, 3.05) is 0 Å². The third-order valence-electron chi connectivity index (χ3n) is 1.66. The summed E-state index contributed by atoms with van der Waals surface area (Å²) in [6, 6.07) is 8.09. The van der Waals surface area contributed by atoms with Gasteiger partial charge in [0.2, 0.25) is 5.09 Å². The van der Waals surface area contributed by atoms with Crippen LogP contribution in [0.1, 0.15) is 0 Å². The lowest BCUT2D eigenvalue weighted by atomic mass is 10.3. The van der Waals surface area contributed by atoms with Crippen molar-refractivity contribution in [1.82, 2.24) is 0 Å². The average Bonchev–Trinajstić information content (AvgIpc) is 2.45. The van der Waals surface area contributed by atoms with Gasteiger partial charge in [-0.3, -0.25) is 4.55 Å². The van der Waals surface area contributed by atoms with E-state index in [1.807, 2.05) is 0 Å². The van der Waals surface area contributed by atoms with Crippen molar-refractivity contribution in [3.8, 4) is 0 Å². The summed E-state index contributed by atoms with van der Waals surface area (Å²) in [7, 11) is -4.23. The van der Waals surface area contributed by atoms with Gasteiger partial charge in [-0.2, -0.15) is 8.42 Å². The molecule has 0 radical (unpaired) electrons. The van der Waals surface area contributed by atoms with Crippen molar-refractivity contribution < 1.29 is 17.4 Å². The Labute approximate surface area is 74.5 Å². The number of para-hydroxylation sites is 1. The lowest BCUT2D eigenvalue weighted by Gasteiger charge is -1.86. The van der Waals surface area contributed by atoms with Gasteiger partial charge in [0.05, 0.1) is 0 Å². The molecule has 0 amide bonds. The minimum Gasteiger partial charge on any atom is -0.442 e. The van der Waals surface area contributed by atoms with E-state index in [1.165, 1.54) is 6.07 Å². The molecule has 1 heterocycles. The highest BCUT2D eigenvalue weighted by Gasteiger charge is 2.14. The summed E-state index contributed by atoms with van der Waals surface area (Å²) in [6.45, 7) is 0. The maximum atomic E-state index is 10.7. The minimum absolute atomic E-state index is 0.422. The second-order valence-corrected chi connectivity index (χ2v) is 3.93. The first-order valence-corrected chi connectivity index (χ1v) is 4.97. The van der Waals surface area contributed by atoms with Gasteiger partial charge in [-0.1, -0.05) is 18.2 Å². The van der Waals surface area contributed by atoms with Gasteiger partial charge in [0.25, 0.3) is 0 Å². The maximum Gasteiger partial charge on any atom is 0.328 e. The molecule has 13 heavy (non-hydrogen) atoms. The fraction of sp³-hybridized carbons (Fsp3) is 0. The fourth-order valence-electron chi connectivity index (χ4n) is 1.08. The molecule has 0 aliphatic heterocycles. The molecule has 1 aromatic carbocycles. The van der Waals surface area contributed by atoms with E-state index < -0.39 is 15.2 Å². The van der Waals surface area contributed by atoms with Gasteiger partial charge in [-0.15, -0.1) is 0 Å². The van der Waals surface area contributed by atoms with E-state index >= 15 is 0 Å². The summed E-state index contributed by atoms with van der Waals surface area (Å²) in [5.41, 5.74) is 0.440. The molecule has 0 fully saturated rings. The summed E-state index contributed by atoms with van der Waals surface area (Å²) in [4.78, 5) is 0. The van der Waals surface area contributed by atoms with Crippen LogP contribution in [0.25, 0.3) is 11.0 Å². The minimum atomic E-state index is -4.23. The Hall–Kier alpha value is -1.33. The summed E-state index contributed by atoms with van der Waals surface area (Å²) < 4.78 is 34.9. The van der Waals surface area contributed by atoms with E-state index in [2.05, 4.69) is 0 Å². The standard InChI is InChI=1S/C8H6O4S/c9-13(10,11)8-5-6-3-1-2-4-7(6)12-8/h1-5H,(H,9,10,11). The molecule has 0 bridgehead atoms. The Morgan fingerprint density at radius 2 is 1.92 bits per heavy atom. The monoisotopic (exact) mass is 198 g/mol. The summed E-state index contributed by atoms with van der Waals surface area (Å²) in [6.07, 6.45) is 0. The first kappa shape index (κ1) is 8.28. The summed E-state index contributed by atoms with van der Waals surface area (Å²) >= 11 is 0. The number of fused-ring (bicyclic) bond motifs is 1. The molecular weight excluding hydrogens is 192 g/mol. The van der Waals surface area contributed by atoms with Gasteiger partial charge in [-0.05, 0) is 6.07 Å². The Balaban J connectivity index is 2.77. The zero-order chi connectivity index (χ0) is 9.47. The van der Waals surface area contributed by atoms with Gasteiger partial charge < -0.3 is 4.42 Å². The van der Waals surface area contributed by atoms with Gasteiger partial charge >= 0.3 is 10.1 Å². The topological polar surface area (TPSA) is 67.5 Å². The van der Waals surface area contributed by atoms with E-state index in [-0.39, 0.29) is 0 Å². The van der Waals surface area contributed by atoms with Crippen LogP contribution in [0.4, 0.5) is 0 Å². The van der Waals surface area contributed by atoms with Crippen LogP contribution in [-0.4, -0.2) is 13.0 Å². The predicted molar refractivity (Wildman–Crippen MR) is 46.0 cm³/mol. The van der Waals surface area contributed by atoms with Gasteiger partial charge in [0, 0.05) is 11.5 Å². The van der Waals surface area contributed by atoms with E-state index in [0.717, 1.165) is 0 Å².